The van der Waals surface area contributed by atoms with Crippen molar-refractivity contribution in [1.29, 1.82) is 0 Å². The fourth-order valence-corrected chi connectivity index (χ4v) is 6.56. The second kappa shape index (κ2) is 13.7. The van der Waals surface area contributed by atoms with E-state index in [1.54, 1.807) is 42.5 Å². The van der Waals surface area contributed by atoms with Crippen LogP contribution >= 0.6 is 11.3 Å². The van der Waals surface area contributed by atoms with Gasteiger partial charge in [-0.25, -0.2) is 4.79 Å². The van der Waals surface area contributed by atoms with Crippen LogP contribution in [0.15, 0.2) is 71.0 Å². The number of fused-ring (bicyclic) bond motifs is 1. The van der Waals surface area contributed by atoms with Crippen molar-refractivity contribution in [1.82, 2.24) is 4.57 Å². The summed E-state index contributed by atoms with van der Waals surface area (Å²) in [5, 5.41) is 14.0. The van der Waals surface area contributed by atoms with Gasteiger partial charge >= 0.3 is 5.97 Å². The van der Waals surface area contributed by atoms with Gasteiger partial charge in [0.2, 0.25) is 0 Å². The highest BCUT2D eigenvalue weighted by molar-refractivity contribution is 7.07. The third-order valence-corrected chi connectivity index (χ3v) is 8.69. The van der Waals surface area contributed by atoms with Crippen LogP contribution in [0.5, 0.6) is 23.0 Å². The summed E-state index contributed by atoms with van der Waals surface area (Å²) in [5.74, 6) is -1.63. The van der Waals surface area contributed by atoms with Crippen LogP contribution in [0.1, 0.15) is 17.0 Å². The number of carbonyl (C=O) groups excluding carboxylic acids is 2. The Morgan fingerprint density at radius 1 is 0.917 bits per heavy atom. The highest BCUT2D eigenvalue weighted by atomic mass is 32.1. The lowest BCUT2D eigenvalue weighted by Crippen LogP contribution is -2.42. The number of hydrogen-bond donors (Lipinski definition) is 2. The number of benzene rings is 3. The Hall–Kier alpha value is -6.09. The number of hydrogen-bond acceptors (Lipinski definition) is 12. The zero-order chi connectivity index (χ0) is 34.7. The largest absolute Gasteiger partial charge is 0.493 e. The molecule has 0 fully saturated rings. The van der Waals surface area contributed by atoms with Crippen molar-refractivity contribution in [3.8, 4) is 23.0 Å². The van der Waals surface area contributed by atoms with E-state index in [9.17, 15) is 24.5 Å². The summed E-state index contributed by atoms with van der Waals surface area (Å²) in [6, 6.07) is 15.2. The number of aromatic nitrogens is 1. The number of nitrogens with zero attached hydrogens (tertiary/aromatic N) is 2. The molecular formula is C33H30N4O10S. The molecule has 48 heavy (non-hydrogen) atoms. The third kappa shape index (κ3) is 5.93. The number of non-ortho nitro benzene ring substituents is 1. The average Bonchev–Trinajstić information content (AvgIpc) is 3.42. The number of nitrogens with two attached hydrogens (primary N) is 1. The summed E-state index contributed by atoms with van der Waals surface area (Å²) in [7, 11) is 6.98. The van der Waals surface area contributed by atoms with Crippen LogP contribution in [-0.4, -0.2) is 56.9 Å². The Morgan fingerprint density at radius 3 is 2.21 bits per heavy atom. The Labute approximate surface area is 277 Å². The Kier molecular flexibility index (Phi) is 9.51. The van der Waals surface area contributed by atoms with Crippen molar-refractivity contribution < 1.29 is 38.2 Å². The molecule has 1 amide bonds. The molecular weight excluding hydrogens is 644 g/mol. The molecule has 0 bridgehead atoms. The molecule has 3 N–H and O–H groups in total. The molecule has 0 spiro atoms. The van der Waals surface area contributed by atoms with E-state index in [1.807, 2.05) is 0 Å². The predicted octanol–water partition coefficient (Wildman–Crippen LogP) is 2.57. The SMILES string of the molecule is COC(=O)C1=C(N)n2c(s/c(=C/c3ccc(OC)c(OC)c3)c2=O)=C(C(=O)Nc2ccc([N+](=O)[O-])cc2)C1c1cccc(OC)c1OC. The van der Waals surface area contributed by atoms with Gasteiger partial charge in [0.05, 0.1) is 62.1 Å². The first-order valence-corrected chi connectivity index (χ1v) is 14.9. The minimum atomic E-state index is -1.22. The number of amides is 1. The normalized spacial score (nSPS) is 14.2. The van der Waals surface area contributed by atoms with Gasteiger partial charge in [-0.05, 0) is 42.0 Å². The van der Waals surface area contributed by atoms with Gasteiger partial charge in [0.1, 0.15) is 10.5 Å². The van der Waals surface area contributed by atoms with Crippen LogP contribution in [-0.2, 0) is 14.3 Å². The van der Waals surface area contributed by atoms with E-state index < -0.39 is 28.3 Å². The van der Waals surface area contributed by atoms with Gasteiger partial charge in [0.25, 0.3) is 17.2 Å². The molecule has 2 heterocycles. The minimum absolute atomic E-state index is 0.0384. The van der Waals surface area contributed by atoms with E-state index in [0.717, 1.165) is 23.0 Å². The van der Waals surface area contributed by atoms with Crippen molar-refractivity contribution in [2.24, 2.45) is 5.73 Å². The quantitative estimate of drug-likeness (QED) is 0.143. The molecule has 15 heteroatoms. The lowest BCUT2D eigenvalue weighted by atomic mass is 9.82. The minimum Gasteiger partial charge on any atom is -0.493 e. The number of thiazole rings is 1. The molecule has 1 aliphatic heterocycles. The molecule has 1 aliphatic rings. The van der Waals surface area contributed by atoms with Crippen LogP contribution in [0.3, 0.4) is 0 Å². The van der Waals surface area contributed by atoms with Crippen molar-refractivity contribution in [3.05, 3.63) is 107 Å². The van der Waals surface area contributed by atoms with Gasteiger partial charge in [-0.1, -0.05) is 18.2 Å². The molecule has 0 saturated carbocycles. The van der Waals surface area contributed by atoms with E-state index in [-0.39, 0.29) is 43.3 Å². The smallest absolute Gasteiger partial charge is 0.338 e. The Morgan fingerprint density at radius 2 is 1.60 bits per heavy atom. The second-order valence-electron chi connectivity index (χ2n) is 10.1. The highest BCUT2D eigenvalue weighted by Gasteiger charge is 2.41. The lowest BCUT2D eigenvalue weighted by Gasteiger charge is -2.28. The molecule has 1 aromatic heterocycles. The second-order valence-corrected chi connectivity index (χ2v) is 11.2. The van der Waals surface area contributed by atoms with Crippen molar-refractivity contribution in [2.75, 3.05) is 40.9 Å². The van der Waals surface area contributed by atoms with Crippen LogP contribution in [0.2, 0.25) is 0 Å². The Balaban J connectivity index is 1.85. The third-order valence-electron chi connectivity index (χ3n) is 7.58. The fourth-order valence-electron chi connectivity index (χ4n) is 5.39. The zero-order valence-corrected chi connectivity index (χ0v) is 27.2. The molecule has 0 saturated heterocycles. The fraction of sp³-hybridized carbons (Fsp3) is 0.182. The zero-order valence-electron chi connectivity index (χ0n) is 26.4. The lowest BCUT2D eigenvalue weighted by molar-refractivity contribution is -0.384. The summed E-state index contributed by atoms with van der Waals surface area (Å²) in [6.07, 6.45) is 1.60. The maximum atomic E-state index is 14.4. The number of nitro groups is 1. The van der Waals surface area contributed by atoms with Gasteiger partial charge in [0.15, 0.2) is 23.0 Å². The number of methoxy groups -OCH3 is 5. The van der Waals surface area contributed by atoms with Crippen molar-refractivity contribution >= 4 is 52.1 Å². The number of ether oxygens (including phenoxy) is 5. The first kappa shape index (κ1) is 33.3. The summed E-state index contributed by atoms with van der Waals surface area (Å²) >= 11 is 0.978. The van der Waals surface area contributed by atoms with E-state index in [0.29, 0.717) is 28.4 Å². The molecule has 3 aromatic carbocycles. The average molecular weight is 675 g/mol. The molecule has 0 radical (unpaired) electrons. The highest BCUT2D eigenvalue weighted by Crippen LogP contribution is 2.45. The number of esters is 1. The van der Waals surface area contributed by atoms with Gasteiger partial charge in [-0.2, -0.15) is 0 Å². The predicted molar refractivity (Wildman–Crippen MR) is 178 cm³/mol. The first-order valence-electron chi connectivity index (χ1n) is 14.1. The van der Waals surface area contributed by atoms with Gasteiger partial charge < -0.3 is 34.7 Å². The molecule has 1 unspecified atom stereocenters. The number of rotatable bonds is 10. The van der Waals surface area contributed by atoms with Gasteiger partial charge in [-0.3, -0.25) is 24.3 Å². The van der Waals surface area contributed by atoms with E-state index in [1.165, 1.54) is 52.7 Å². The summed E-state index contributed by atoms with van der Waals surface area (Å²) in [4.78, 5) is 52.5. The topological polar surface area (TPSA) is 183 Å². The summed E-state index contributed by atoms with van der Waals surface area (Å²) in [5.41, 5.74) is 6.75. The molecule has 0 aliphatic carbocycles. The van der Waals surface area contributed by atoms with Gasteiger partial charge in [0, 0.05) is 23.4 Å². The van der Waals surface area contributed by atoms with Crippen molar-refractivity contribution in [3.63, 3.8) is 0 Å². The van der Waals surface area contributed by atoms with E-state index in [4.69, 9.17) is 29.4 Å². The van der Waals surface area contributed by atoms with Crippen LogP contribution in [0, 0.1) is 10.1 Å². The van der Waals surface area contributed by atoms with E-state index in [2.05, 4.69) is 5.32 Å². The van der Waals surface area contributed by atoms with Crippen LogP contribution in [0.4, 0.5) is 11.4 Å². The van der Waals surface area contributed by atoms with Crippen molar-refractivity contribution in [2.45, 2.75) is 5.92 Å². The number of nitro benzene ring substituents is 1. The number of carbonyl (C=O) groups is 2. The number of para-hydroxylation sites is 1. The molecule has 248 valence electrons. The maximum Gasteiger partial charge on any atom is 0.338 e. The Bertz CT molecular complexity index is 2150. The number of nitrogens with one attached hydrogen (secondary N) is 1. The standard InChI is InChI=1S/C33H30N4O10S/c1-43-21-14-9-17(15-23(21)45-3)16-24-31(39)36-29(34)26(33(40)47-5)25(20-7-6-8-22(44-2)28(20)46-4)27(32(36)48-24)30(38)35-18-10-12-19(13-11-18)37(41)42/h6-16,25H,34H2,1-5H3,(H,35,38)/b24-16+. The van der Waals surface area contributed by atoms with Crippen LogP contribution < -0.4 is 44.8 Å². The maximum absolute atomic E-state index is 14.4. The summed E-state index contributed by atoms with van der Waals surface area (Å²) < 4.78 is 28.5. The monoisotopic (exact) mass is 674 g/mol. The van der Waals surface area contributed by atoms with Crippen LogP contribution in [0.25, 0.3) is 17.5 Å². The van der Waals surface area contributed by atoms with Gasteiger partial charge in [-0.15, -0.1) is 11.3 Å². The number of anilines is 1. The molecule has 1 atom stereocenters. The van der Waals surface area contributed by atoms with E-state index >= 15 is 0 Å². The molecule has 14 nitrogen and oxygen atoms in total. The molecule has 5 rings (SSSR count). The first-order chi connectivity index (χ1) is 23.1. The summed E-state index contributed by atoms with van der Waals surface area (Å²) in [6.45, 7) is 0. The molecule has 4 aromatic rings.